The second-order valence-electron chi connectivity index (χ2n) is 2.29. The first-order valence-electron chi connectivity index (χ1n) is 3.10. The van der Waals surface area contributed by atoms with Crippen LogP contribution in [0.2, 0.25) is 0 Å². The quantitative estimate of drug-likeness (QED) is 0.166. The molecular weight excluding hydrogens is 155 g/mol. The van der Waals surface area contributed by atoms with Gasteiger partial charge in [0.05, 0.1) is 0 Å². The summed E-state index contributed by atoms with van der Waals surface area (Å²) in [4.78, 5) is 31.9. The summed E-state index contributed by atoms with van der Waals surface area (Å²) in [5.74, 6) is -0.713. The third kappa shape index (κ3) is 3.70. The molecule has 1 aliphatic rings. The van der Waals surface area contributed by atoms with E-state index in [1.165, 1.54) is 0 Å². The predicted molar refractivity (Wildman–Crippen MR) is 33.2 cm³/mol. The molecule has 54 valence electrons. The standard InChI is InChI=1S/C7H7O3.Na/c8-5-1-2-6(9)4-7(10)3-5;/h3H,1-2,4H2;/q-1;+1. The second-order valence-corrected chi connectivity index (χ2v) is 2.29. The number of hydrogen-bond acceptors (Lipinski definition) is 3. The Morgan fingerprint density at radius 3 is 2.27 bits per heavy atom. The maximum Gasteiger partial charge on any atom is 1.00 e. The Bertz CT molecular complexity index is 178. The van der Waals surface area contributed by atoms with E-state index in [9.17, 15) is 14.4 Å². The van der Waals surface area contributed by atoms with Gasteiger partial charge in [-0.25, -0.2) is 0 Å². The normalized spacial score (nSPS) is 18.4. The summed E-state index contributed by atoms with van der Waals surface area (Å²) in [6.45, 7) is 0. The van der Waals surface area contributed by atoms with Gasteiger partial charge in [0, 0.05) is 24.4 Å². The van der Waals surface area contributed by atoms with E-state index in [1.807, 2.05) is 0 Å². The topological polar surface area (TPSA) is 51.2 Å². The van der Waals surface area contributed by atoms with Gasteiger partial charge in [0.25, 0.3) is 0 Å². The molecular formula is C7H7NaO3. The molecule has 0 atom stereocenters. The molecule has 0 heterocycles. The third-order valence-corrected chi connectivity index (χ3v) is 1.34. The first-order chi connectivity index (χ1) is 4.68. The van der Waals surface area contributed by atoms with Crippen LogP contribution in [-0.2, 0) is 14.4 Å². The van der Waals surface area contributed by atoms with E-state index in [-0.39, 0.29) is 66.2 Å². The van der Waals surface area contributed by atoms with E-state index in [1.54, 1.807) is 0 Å². The molecule has 0 aromatic rings. The molecule has 0 unspecified atom stereocenters. The zero-order valence-electron chi connectivity index (χ0n) is 6.42. The summed E-state index contributed by atoms with van der Waals surface area (Å²) < 4.78 is 0. The molecule has 1 fully saturated rings. The van der Waals surface area contributed by atoms with Crippen molar-refractivity contribution in [2.24, 2.45) is 0 Å². The van der Waals surface area contributed by atoms with E-state index < -0.39 is 0 Å². The van der Waals surface area contributed by atoms with Gasteiger partial charge in [0.1, 0.15) is 5.78 Å². The molecule has 1 rings (SSSR count). The van der Waals surface area contributed by atoms with Crippen LogP contribution in [0.25, 0.3) is 0 Å². The van der Waals surface area contributed by atoms with Crippen LogP contribution in [0.3, 0.4) is 0 Å². The van der Waals surface area contributed by atoms with Gasteiger partial charge in [0.15, 0.2) is 0 Å². The van der Waals surface area contributed by atoms with Crippen molar-refractivity contribution in [3.05, 3.63) is 6.42 Å². The van der Waals surface area contributed by atoms with E-state index in [0.29, 0.717) is 0 Å². The first kappa shape index (κ1) is 10.9. The summed E-state index contributed by atoms with van der Waals surface area (Å²) in [7, 11) is 0. The Morgan fingerprint density at radius 1 is 1.00 bits per heavy atom. The molecule has 0 spiro atoms. The molecule has 4 heteroatoms. The van der Waals surface area contributed by atoms with Gasteiger partial charge < -0.3 is 9.59 Å². The fourth-order valence-electron chi connectivity index (χ4n) is 0.848. The van der Waals surface area contributed by atoms with Crippen molar-refractivity contribution in [2.45, 2.75) is 19.3 Å². The Hall–Kier alpha value is -0.120. The van der Waals surface area contributed by atoms with Crippen molar-refractivity contribution in [1.82, 2.24) is 0 Å². The summed E-state index contributed by atoms with van der Waals surface area (Å²) in [6.07, 6.45) is 1.35. The third-order valence-electron chi connectivity index (χ3n) is 1.34. The number of carbonyl (C=O) groups excluding carboxylic acids is 3. The zero-order valence-corrected chi connectivity index (χ0v) is 8.42. The van der Waals surface area contributed by atoms with Gasteiger partial charge >= 0.3 is 29.6 Å². The Kier molecular flexibility index (Phi) is 4.65. The molecule has 0 aromatic carbocycles. The van der Waals surface area contributed by atoms with E-state index >= 15 is 0 Å². The predicted octanol–water partition coefficient (Wildman–Crippen LogP) is -2.91. The minimum Gasteiger partial charge on any atom is -0.334 e. The Morgan fingerprint density at radius 2 is 1.64 bits per heavy atom. The zero-order chi connectivity index (χ0) is 7.56. The molecule has 0 amide bonds. The van der Waals surface area contributed by atoms with E-state index in [4.69, 9.17) is 0 Å². The van der Waals surface area contributed by atoms with Crippen LogP contribution in [0, 0.1) is 6.42 Å². The number of ketones is 3. The fraction of sp³-hybridized carbons (Fsp3) is 0.429. The van der Waals surface area contributed by atoms with Crippen LogP contribution < -0.4 is 29.6 Å². The van der Waals surface area contributed by atoms with Crippen molar-refractivity contribution in [3.8, 4) is 0 Å². The Balaban J connectivity index is 0.000001000. The van der Waals surface area contributed by atoms with Gasteiger partial charge in [-0.2, -0.15) is 0 Å². The fourth-order valence-corrected chi connectivity index (χ4v) is 0.848. The maximum atomic E-state index is 10.6. The number of hydrogen-bond donors (Lipinski definition) is 0. The van der Waals surface area contributed by atoms with Crippen LogP contribution in [0.15, 0.2) is 0 Å². The van der Waals surface area contributed by atoms with Crippen molar-refractivity contribution in [3.63, 3.8) is 0 Å². The van der Waals surface area contributed by atoms with E-state index in [0.717, 1.165) is 6.42 Å². The van der Waals surface area contributed by atoms with Crippen molar-refractivity contribution in [1.29, 1.82) is 0 Å². The van der Waals surface area contributed by atoms with Crippen LogP contribution in [0.1, 0.15) is 19.3 Å². The Labute approximate surface area is 86.8 Å². The molecule has 0 radical (unpaired) electrons. The monoisotopic (exact) mass is 162 g/mol. The number of rotatable bonds is 0. The maximum absolute atomic E-state index is 10.6. The van der Waals surface area contributed by atoms with Gasteiger partial charge in [0.2, 0.25) is 0 Å². The molecule has 0 aromatic heterocycles. The summed E-state index contributed by atoms with van der Waals surface area (Å²) in [6, 6.07) is 0. The average Bonchev–Trinajstić information content (AvgIpc) is 1.93. The summed E-state index contributed by atoms with van der Waals surface area (Å²) >= 11 is 0. The molecule has 1 aliphatic carbocycles. The van der Waals surface area contributed by atoms with Crippen molar-refractivity contribution < 1.29 is 43.9 Å². The van der Waals surface area contributed by atoms with Crippen LogP contribution >= 0.6 is 0 Å². The van der Waals surface area contributed by atoms with Crippen molar-refractivity contribution >= 4 is 17.3 Å². The largest absolute Gasteiger partial charge is 1.00 e. The minimum absolute atomic E-state index is 0. The van der Waals surface area contributed by atoms with Gasteiger partial charge in [-0.05, 0) is 6.42 Å². The molecule has 0 saturated heterocycles. The molecule has 0 N–H and O–H groups in total. The molecule has 0 bridgehead atoms. The van der Waals surface area contributed by atoms with Crippen molar-refractivity contribution in [2.75, 3.05) is 0 Å². The SMILES string of the molecule is O=C1[CH-]C(=O)CC(=O)CC1.[Na+]. The smallest absolute Gasteiger partial charge is 0.334 e. The second kappa shape index (κ2) is 4.70. The number of carbonyl (C=O) groups is 3. The summed E-state index contributed by atoms with van der Waals surface area (Å²) in [5.41, 5.74) is 0. The minimum atomic E-state index is -0.354. The van der Waals surface area contributed by atoms with E-state index in [2.05, 4.69) is 0 Å². The van der Waals surface area contributed by atoms with Crippen LogP contribution in [0.5, 0.6) is 0 Å². The van der Waals surface area contributed by atoms with Gasteiger partial charge in [-0.1, -0.05) is 0 Å². The first-order valence-corrected chi connectivity index (χ1v) is 3.10. The van der Waals surface area contributed by atoms with Crippen LogP contribution in [0.4, 0.5) is 0 Å². The molecule has 1 saturated carbocycles. The molecule has 3 nitrogen and oxygen atoms in total. The summed E-state index contributed by atoms with van der Waals surface area (Å²) in [5, 5.41) is 0. The van der Waals surface area contributed by atoms with Gasteiger partial charge in [-0.3, -0.25) is 11.2 Å². The average molecular weight is 162 g/mol. The van der Waals surface area contributed by atoms with Gasteiger partial charge in [-0.15, -0.1) is 0 Å². The number of Topliss-reactive ketones (excluding diaryl/α,β-unsaturated/α-hetero) is 3. The molecule has 0 aliphatic heterocycles. The molecule has 11 heavy (non-hydrogen) atoms. The van der Waals surface area contributed by atoms with Crippen LogP contribution in [-0.4, -0.2) is 17.3 Å².